The Balaban J connectivity index is 2.10. The molecule has 2 fully saturated rings. The van der Waals surface area contributed by atoms with Crippen molar-refractivity contribution in [3.05, 3.63) is 22.8 Å². The fourth-order valence-corrected chi connectivity index (χ4v) is 4.08. The van der Waals surface area contributed by atoms with Crippen molar-refractivity contribution in [3.8, 4) is 0 Å². The number of hydrogen-bond donors (Lipinski definition) is 1. The first-order valence-corrected chi connectivity index (χ1v) is 7.73. The van der Waals surface area contributed by atoms with Gasteiger partial charge in [-0.15, -0.1) is 0 Å². The first-order chi connectivity index (χ1) is 10.2. The summed E-state index contributed by atoms with van der Waals surface area (Å²) >= 11 is 0. The first-order valence-electron chi connectivity index (χ1n) is 7.73. The zero-order chi connectivity index (χ0) is 16.2. The molecule has 22 heavy (non-hydrogen) atoms. The van der Waals surface area contributed by atoms with E-state index in [0.717, 1.165) is 23.1 Å². The Morgan fingerprint density at radius 1 is 1.50 bits per heavy atom. The zero-order valence-electron chi connectivity index (χ0n) is 13.4. The predicted octanol–water partition coefficient (Wildman–Crippen LogP) is 1.90. The monoisotopic (exact) mass is 306 g/mol. The van der Waals surface area contributed by atoms with E-state index >= 15 is 0 Å². The molecule has 0 radical (unpaired) electrons. The topological polar surface area (TPSA) is 72.8 Å². The molecule has 0 spiro atoms. The quantitative estimate of drug-likeness (QED) is 0.749. The van der Waals surface area contributed by atoms with E-state index in [1.807, 2.05) is 13.0 Å². The Morgan fingerprint density at radius 3 is 2.82 bits per heavy atom. The van der Waals surface area contributed by atoms with Gasteiger partial charge in [0.2, 0.25) is 0 Å². The minimum atomic E-state index is -1.09. The molecule has 1 heterocycles. The minimum Gasteiger partial charge on any atom is -0.462 e. The normalized spacial score (nSPS) is 40.6. The van der Waals surface area contributed by atoms with Crippen molar-refractivity contribution in [3.63, 3.8) is 0 Å². The number of aliphatic hydroxyl groups is 1. The van der Waals surface area contributed by atoms with Crippen LogP contribution in [-0.2, 0) is 19.1 Å². The van der Waals surface area contributed by atoms with Gasteiger partial charge in [0, 0.05) is 13.3 Å². The van der Waals surface area contributed by atoms with Crippen molar-refractivity contribution in [1.29, 1.82) is 0 Å². The Kier molecular flexibility index (Phi) is 3.44. The van der Waals surface area contributed by atoms with Crippen LogP contribution in [0.2, 0.25) is 0 Å². The molecule has 2 aliphatic carbocycles. The lowest BCUT2D eigenvalue weighted by Gasteiger charge is -2.29. The highest BCUT2D eigenvalue weighted by molar-refractivity contribution is 5.77. The maximum atomic E-state index is 12.1. The Labute approximate surface area is 130 Å². The lowest BCUT2D eigenvalue weighted by atomic mass is 9.83. The number of ether oxygens (including phenoxy) is 2. The van der Waals surface area contributed by atoms with Crippen LogP contribution in [-0.4, -0.2) is 34.9 Å². The average Bonchev–Trinajstić information content (AvgIpc) is 2.87. The Morgan fingerprint density at radius 2 is 2.18 bits per heavy atom. The first kappa shape index (κ1) is 15.3. The van der Waals surface area contributed by atoms with Gasteiger partial charge in [-0.05, 0) is 31.4 Å². The molecule has 3 rings (SSSR count). The van der Waals surface area contributed by atoms with E-state index in [9.17, 15) is 14.7 Å². The number of carbonyl (C=O) groups excluding carboxylic acids is 2. The smallest absolute Gasteiger partial charge is 0.309 e. The van der Waals surface area contributed by atoms with Crippen LogP contribution in [0.5, 0.6) is 0 Å². The fourth-order valence-electron chi connectivity index (χ4n) is 4.08. The number of allylic oxidation sites excluding steroid dienone is 2. The summed E-state index contributed by atoms with van der Waals surface area (Å²) in [6.07, 6.45) is 2.06. The summed E-state index contributed by atoms with van der Waals surface area (Å²) in [6.45, 7) is 6.88. The molecule has 0 aromatic heterocycles. The summed E-state index contributed by atoms with van der Waals surface area (Å²) in [7, 11) is 0. The van der Waals surface area contributed by atoms with E-state index in [-0.39, 0.29) is 24.2 Å². The number of hydrogen-bond acceptors (Lipinski definition) is 5. The van der Waals surface area contributed by atoms with Gasteiger partial charge in [0.25, 0.3) is 0 Å². The molecule has 5 atom stereocenters. The van der Waals surface area contributed by atoms with E-state index < -0.39 is 23.8 Å². The van der Waals surface area contributed by atoms with E-state index in [1.165, 1.54) is 6.92 Å². The van der Waals surface area contributed by atoms with Crippen molar-refractivity contribution in [2.24, 2.45) is 11.8 Å². The van der Waals surface area contributed by atoms with Crippen molar-refractivity contribution in [2.45, 2.75) is 58.3 Å². The van der Waals surface area contributed by atoms with Crippen LogP contribution in [0.25, 0.3) is 0 Å². The van der Waals surface area contributed by atoms with E-state index in [4.69, 9.17) is 9.47 Å². The summed E-state index contributed by atoms with van der Waals surface area (Å²) in [5, 5.41) is 10.9. The Hall–Kier alpha value is -1.62. The largest absolute Gasteiger partial charge is 0.462 e. The van der Waals surface area contributed by atoms with Crippen molar-refractivity contribution in [2.75, 3.05) is 0 Å². The second-order valence-corrected chi connectivity index (χ2v) is 6.87. The van der Waals surface area contributed by atoms with Crippen molar-refractivity contribution in [1.82, 2.24) is 0 Å². The molecule has 0 bridgehead atoms. The Bertz CT molecular complexity index is 598. The van der Waals surface area contributed by atoms with Gasteiger partial charge in [-0.25, -0.2) is 0 Å². The van der Waals surface area contributed by atoms with Gasteiger partial charge in [0.05, 0.1) is 17.4 Å². The van der Waals surface area contributed by atoms with E-state index in [0.29, 0.717) is 0 Å². The van der Waals surface area contributed by atoms with Crippen LogP contribution >= 0.6 is 0 Å². The lowest BCUT2D eigenvalue weighted by Crippen LogP contribution is -2.38. The third kappa shape index (κ3) is 2.19. The second-order valence-electron chi connectivity index (χ2n) is 6.87. The van der Waals surface area contributed by atoms with Gasteiger partial charge in [-0.2, -0.15) is 0 Å². The van der Waals surface area contributed by atoms with Gasteiger partial charge in [0.1, 0.15) is 12.2 Å². The number of carbonyl (C=O) groups is 2. The van der Waals surface area contributed by atoms with Crippen LogP contribution in [0, 0.1) is 11.8 Å². The summed E-state index contributed by atoms with van der Waals surface area (Å²) < 4.78 is 11.1. The highest BCUT2D eigenvalue weighted by Gasteiger charge is 2.55. The molecule has 0 aromatic rings. The molecule has 0 aromatic carbocycles. The van der Waals surface area contributed by atoms with Crippen LogP contribution < -0.4 is 0 Å². The summed E-state index contributed by atoms with van der Waals surface area (Å²) in [4.78, 5) is 23.5. The van der Waals surface area contributed by atoms with E-state index in [1.54, 1.807) is 13.8 Å². The third-order valence-electron chi connectivity index (χ3n) is 5.11. The SMILES string of the molecule is CC(=O)O[C@H]1C[C@](C)(O)C2=CCC(C)=C2[C@H]2OC(=O)[C@@H](C)[C@H]12. The molecule has 1 N–H and O–H groups in total. The van der Waals surface area contributed by atoms with Gasteiger partial charge in [0.15, 0.2) is 0 Å². The van der Waals surface area contributed by atoms with Gasteiger partial charge in [-0.3, -0.25) is 9.59 Å². The number of rotatable bonds is 1. The summed E-state index contributed by atoms with van der Waals surface area (Å²) in [5.41, 5.74) is 1.75. The van der Waals surface area contributed by atoms with Crippen LogP contribution in [0.15, 0.2) is 22.8 Å². The number of esters is 2. The highest BCUT2D eigenvalue weighted by atomic mass is 16.6. The zero-order valence-corrected chi connectivity index (χ0v) is 13.4. The van der Waals surface area contributed by atoms with E-state index in [2.05, 4.69) is 0 Å². The van der Waals surface area contributed by atoms with Crippen molar-refractivity contribution >= 4 is 11.9 Å². The molecule has 1 saturated heterocycles. The van der Waals surface area contributed by atoms with Gasteiger partial charge < -0.3 is 14.6 Å². The molecule has 3 aliphatic rings. The molecule has 1 saturated carbocycles. The molecular formula is C17H22O5. The summed E-state index contributed by atoms with van der Waals surface area (Å²) in [6, 6.07) is 0. The molecule has 0 amide bonds. The summed E-state index contributed by atoms with van der Waals surface area (Å²) in [5.74, 6) is -1.28. The maximum Gasteiger partial charge on any atom is 0.309 e. The highest BCUT2D eigenvalue weighted by Crippen LogP contribution is 2.50. The van der Waals surface area contributed by atoms with Crippen molar-refractivity contribution < 1.29 is 24.2 Å². The van der Waals surface area contributed by atoms with Gasteiger partial charge in [-0.1, -0.05) is 18.6 Å². The molecule has 5 heteroatoms. The minimum absolute atomic E-state index is 0.253. The lowest BCUT2D eigenvalue weighted by molar-refractivity contribution is -0.153. The van der Waals surface area contributed by atoms with Crippen LogP contribution in [0.4, 0.5) is 0 Å². The fraction of sp³-hybridized carbons (Fsp3) is 0.647. The number of fused-ring (bicyclic) bond motifs is 3. The van der Waals surface area contributed by atoms with Crippen LogP contribution in [0.1, 0.15) is 40.5 Å². The average molecular weight is 306 g/mol. The molecule has 1 aliphatic heterocycles. The molecular weight excluding hydrogens is 284 g/mol. The second kappa shape index (κ2) is 4.95. The third-order valence-corrected chi connectivity index (χ3v) is 5.11. The standard InChI is InChI=1S/C17H22O5/c1-8-5-6-11-13(8)15-14(9(2)16(19)22-15)12(21-10(3)18)7-17(11,4)20/h6,9,12,14-15,20H,5,7H2,1-4H3/t9-,12-,14+,15+,17-/m0/s1. The predicted molar refractivity (Wildman–Crippen MR) is 78.7 cm³/mol. The van der Waals surface area contributed by atoms with Crippen LogP contribution in [0.3, 0.4) is 0 Å². The maximum absolute atomic E-state index is 12.1. The van der Waals surface area contributed by atoms with Gasteiger partial charge >= 0.3 is 11.9 Å². The molecule has 120 valence electrons. The molecule has 5 nitrogen and oxygen atoms in total. The molecule has 0 unspecified atom stereocenters.